The van der Waals surface area contributed by atoms with Crippen LogP contribution in [-0.4, -0.2) is 19.6 Å². The van der Waals surface area contributed by atoms with Crippen LogP contribution in [0.5, 0.6) is 0 Å². The minimum Gasteiger partial charge on any atom is -0.330 e. The van der Waals surface area contributed by atoms with E-state index in [-0.39, 0.29) is 0 Å². The first-order valence-corrected chi connectivity index (χ1v) is 7.69. The van der Waals surface area contributed by atoms with Crippen LogP contribution in [0, 0.1) is 11.8 Å². The maximum Gasteiger partial charge on any atom is -0.00207 e. The molecule has 17 heavy (non-hydrogen) atoms. The summed E-state index contributed by atoms with van der Waals surface area (Å²) in [6.07, 6.45) is 9.12. The molecule has 0 saturated heterocycles. The van der Waals surface area contributed by atoms with Gasteiger partial charge < -0.3 is 11.1 Å². The highest BCUT2D eigenvalue weighted by Gasteiger charge is 2.06. The minimum absolute atomic E-state index is 0.853. The second kappa shape index (κ2) is 12.4. The predicted molar refractivity (Wildman–Crippen MR) is 78.2 cm³/mol. The van der Waals surface area contributed by atoms with E-state index >= 15 is 0 Å². The van der Waals surface area contributed by atoms with E-state index in [1.165, 1.54) is 58.0 Å². The van der Waals surface area contributed by atoms with Crippen molar-refractivity contribution in [3.05, 3.63) is 0 Å². The maximum absolute atomic E-state index is 5.65. The van der Waals surface area contributed by atoms with E-state index in [1.807, 2.05) is 0 Å². The molecule has 0 aliphatic heterocycles. The van der Waals surface area contributed by atoms with Crippen molar-refractivity contribution >= 4 is 0 Å². The highest BCUT2D eigenvalue weighted by atomic mass is 14.8. The van der Waals surface area contributed by atoms with Crippen LogP contribution in [0.4, 0.5) is 0 Å². The molecule has 1 unspecified atom stereocenters. The van der Waals surface area contributed by atoms with Crippen LogP contribution in [0.15, 0.2) is 0 Å². The number of nitrogens with two attached hydrogens (primary N) is 1. The maximum atomic E-state index is 5.65. The fourth-order valence-corrected chi connectivity index (χ4v) is 2.48. The molecule has 0 amide bonds. The largest absolute Gasteiger partial charge is 0.330 e. The third-order valence-corrected chi connectivity index (χ3v) is 3.83. The average Bonchev–Trinajstić information content (AvgIpc) is 2.34. The molecular weight excluding hydrogens is 208 g/mol. The topological polar surface area (TPSA) is 38.0 Å². The van der Waals surface area contributed by atoms with Crippen LogP contribution in [-0.2, 0) is 0 Å². The second-order valence-electron chi connectivity index (χ2n) is 5.26. The van der Waals surface area contributed by atoms with Crippen LogP contribution in [0.25, 0.3) is 0 Å². The fraction of sp³-hybridized carbons (Fsp3) is 1.00. The Bertz CT molecular complexity index is 138. The summed E-state index contributed by atoms with van der Waals surface area (Å²) in [5.41, 5.74) is 5.65. The fourth-order valence-electron chi connectivity index (χ4n) is 2.48. The first kappa shape index (κ1) is 16.9. The monoisotopic (exact) mass is 242 g/mol. The Morgan fingerprint density at radius 2 is 1.65 bits per heavy atom. The Morgan fingerprint density at radius 3 is 2.18 bits per heavy atom. The lowest BCUT2D eigenvalue weighted by Gasteiger charge is -2.16. The van der Waals surface area contributed by atoms with Gasteiger partial charge in [0.25, 0.3) is 0 Å². The lowest BCUT2D eigenvalue weighted by Crippen LogP contribution is -2.23. The molecule has 0 aromatic heterocycles. The van der Waals surface area contributed by atoms with E-state index < -0.39 is 0 Å². The van der Waals surface area contributed by atoms with E-state index in [9.17, 15) is 0 Å². The molecule has 0 aliphatic carbocycles. The van der Waals surface area contributed by atoms with Gasteiger partial charge in [-0.1, -0.05) is 46.5 Å². The van der Waals surface area contributed by atoms with E-state index in [4.69, 9.17) is 5.73 Å². The number of nitrogens with one attached hydrogen (secondary N) is 1. The summed E-state index contributed by atoms with van der Waals surface area (Å²) in [6, 6.07) is 0. The third-order valence-electron chi connectivity index (χ3n) is 3.83. The molecule has 1 atom stereocenters. The number of hydrogen-bond acceptors (Lipinski definition) is 2. The Morgan fingerprint density at radius 1 is 0.941 bits per heavy atom. The van der Waals surface area contributed by atoms with Crippen molar-refractivity contribution in [1.29, 1.82) is 0 Å². The van der Waals surface area contributed by atoms with E-state index in [0.29, 0.717) is 0 Å². The smallest absolute Gasteiger partial charge is 0.00207 e. The Hall–Kier alpha value is -0.0800. The normalized spacial score (nSPS) is 13.2. The van der Waals surface area contributed by atoms with Crippen LogP contribution < -0.4 is 11.1 Å². The van der Waals surface area contributed by atoms with Gasteiger partial charge >= 0.3 is 0 Å². The summed E-state index contributed by atoms with van der Waals surface area (Å²) in [7, 11) is 0. The Labute approximate surface area is 109 Å². The lowest BCUT2D eigenvalue weighted by atomic mass is 9.94. The van der Waals surface area contributed by atoms with Crippen LogP contribution in [0.1, 0.15) is 65.7 Å². The molecule has 0 heterocycles. The minimum atomic E-state index is 0.853. The second-order valence-corrected chi connectivity index (χ2v) is 5.26. The van der Waals surface area contributed by atoms with Gasteiger partial charge in [-0.3, -0.25) is 0 Å². The zero-order chi connectivity index (χ0) is 12.9. The molecule has 2 heteroatoms. The summed E-state index contributed by atoms with van der Waals surface area (Å²) >= 11 is 0. The van der Waals surface area contributed by atoms with Crippen LogP contribution in [0.2, 0.25) is 0 Å². The van der Waals surface area contributed by atoms with Crippen molar-refractivity contribution in [1.82, 2.24) is 5.32 Å². The molecule has 0 saturated carbocycles. The highest BCUT2D eigenvalue weighted by Crippen LogP contribution is 2.16. The van der Waals surface area contributed by atoms with Gasteiger partial charge in [0.2, 0.25) is 0 Å². The number of hydrogen-bond donors (Lipinski definition) is 2. The Balaban J connectivity index is 3.46. The molecule has 3 N–H and O–H groups in total. The van der Waals surface area contributed by atoms with E-state index in [0.717, 1.165) is 18.4 Å². The van der Waals surface area contributed by atoms with E-state index in [1.54, 1.807) is 0 Å². The van der Waals surface area contributed by atoms with E-state index in [2.05, 4.69) is 26.1 Å². The summed E-state index contributed by atoms with van der Waals surface area (Å²) < 4.78 is 0. The van der Waals surface area contributed by atoms with Crippen molar-refractivity contribution in [2.45, 2.75) is 65.7 Å². The standard InChI is InChI=1S/C15H34N2/c1-4-8-15(10-11-16)9-7-12-17-13-14(5-2)6-3/h14-15,17H,4-13,16H2,1-3H3. The van der Waals surface area contributed by atoms with Crippen molar-refractivity contribution in [2.24, 2.45) is 17.6 Å². The molecule has 0 aromatic carbocycles. The lowest BCUT2D eigenvalue weighted by molar-refractivity contribution is 0.392. The first-order chi connectivity index (χ1) is 8.28. The molecule has 0 spiro atoms. The van der Waals surface area contributed by atoms with Crippen molar-refractivity contribution in [3.63, 3.8) is 0 Å². The van der Waals surface area contributed by atoms with Crippen molar-refractivity contribution in [2.75, 3.05) is 19.6 Å². The molecule has 0 aromatic rings. The quantitative estimate of drug-likeness (QED) is 0.514. The summed E-state index contributed by atoms with van der Waals surface area (Å²) in [5, 5.41) is 3.60. The molecule has 0 radical (unpaired) electrons. The summed E-state index contributed by atoms with van der Waals surface area (Å²) in [4.78, 5) is 0. The number of rotatable bonds is 12. The van der Waals surface area contributed by atoms with Crippen molar-refractivity contribution in [3.8, 4) is 0 Å². The molecule has 2 nitrogen and oxygen atoms in total. The van der Waals surface area contributed by atoms with Gasteiger partial charge in [-0.25, -0.2) is 0 Å². The Kier molecular flexibility index (Phi) is 12.3. The van der Waals surface area contributed by atoms with Gasteiger partial charge in [0.1, 0.15) is 0 Å². The van der Waals surface area contributed by atoms with Gasteiger partial charge in [0, 0.05) is 0 Å². The van der Waals surface area contributed by atoms with Gasteiger partial charge in [-0.15, -0.1) is 0 Å². The van der Waals surface area contributed by atoms with Gasteiger partial charge in [-0.2, -0.15) is 0 Å². The summed E-state index contributed by atoms with van der Waals surface area (Å²) in [6.45, 7) is 10.1. The van der Waals surface area contributed by atoms with Gasteiger partial charge in [-0.05, 0) is 50.7 Å². The zero-order valence-corrected chi connectivity index (χ0v) is 12.3. The van der Waals surface area contributed by atoms with Gasteiger partial charge in [0.15, 0.2) is 0 Å². The summed E-state index contributed by atoms with van der Waals surface area (Å²) in [5.74, 6) is 1.73. The third kappa shape index (κ3) is 9.61. The highest BCUT2D eigenvalue weighted by molar-refractivity contribution is 4.62. The van der Waals surface area contributed by atoms with Crippen LogP contribution in [0.3, 0.4) is 0 Å². The predicted octanol–water partition coefficient (Wildman–Crippen LogP) is 3.56. The van der Waals surface area contributed by atoms with Gasteiger partial charge in [0.05, 0.1) is 0 Å². The molecule has 0 rings (SSSR count). The molecule has 0 bridgehead atoms. The van der Waals surface area contributed by atoms with Crippen LogP contribution >= 0.6 is 0 Å². The average molecular weight is 242 g/mol. The van der Waals surface area contributed by atoms with Crippen molar-refractivity contribution < 1.29 is 0 Å². The first-order valence-electron chi connectivity index (χ1n) is 7.69. The molecule has 0 aliphatic rings. The molecular formula is C15H34N2. The SMILES string of the molecule is CCCC(CCN)CCCNCC(CC)CC. The molecule has 0 fully saturated rings. The zero-order valence-electron chi connectivity index (χ0n) is 12.3. The molecule has 104 valence electrons.